The third-order valence-electron chi connectivity index (χ3n) is 3.53. The van der Waals surface area contributed by atoms with Gasteiger partial charge in [0.05, 0.1) is 12.2 Å². The Labute approximate surface area is 149 Å². The largest absolute Gasteiger partial charge is 0.478 e. The van der Waals surface area contributed by atoms with E-state index < -0.39 is 11.9 Å². The van der Waals surface area contributed by atoms with Crippen LogP contribution >= 0.6 is 11.3 Å². The molecule has 0 spiro atoms. The van der Waals surface area contributed by atoms with Crippen LogP contribution in [0.2, 0.25) is 0 Å². The van der Waals surface area contributed by atoms with Gasteiger partial charge in [0, 0.05) is 10.9 Å². The van der Waals surface area contributed by atoms with Crippen LogP contribution in [-0.2, 0) is 11.3 Å². The minimum absolute atomic E-state index is 0.0603. The van der Waals surface area contributed by atoms with Crippen molar-refractivity contribution in [3.8, 4) is 16.3 Å². The van der Waals surface area contributed by atoms with Crippen LogP contribution in [0.15, 0.2) is 60.0 Å². The van der Waals surface area contributed by atoms with Gasteiger partial charge in [-0.2, -0.15) is 0 Å². The number of hydrogen-bond acceptors (Lipinski definition) is 4. The van der Waals surface area contributed by atoms with Gasteiger partial charge in [-0.15, -0.1) is 11.3 Å². The highest BCUT2D eigenvalue weighted by Gasteiger charge is 2.16. The molecule has 1 atom stereocenters. The Morgan fingerprint density at radius 2 is 1.92 bits per heavy atom. The van der Waals surface area contributed by atoms with Crippen molar-refractivity contribution in [1.82, 2.24) is 10.3 Å². The monoisotopic (exact) mass is 356 g/mol. The Morgan fingerprint density at radius 1 is 1.20 bits per heavy atom. The van der Waals surface area contributed by atoms with Crippen molar-refractivity contribution in [2.24, 2.45) is 0 Å². The van der Waals surface area contributed by atoms with E-state index in [0.717, 1.165) is 16.3 Å². The summed E-state index contributed by atoms with van der Waals surface area (Å²) in [7, 11) is 0. The summed E-state index contributed by atoms with van der Waals surface area (Å²) in [5, 5.41) is 5.57. The zero-order chi connectivity index (χ0) is 17.6. The summed E-state index contributed by atoms with van der Waals surface area (Å²) in [5.74, 6) is -0.753. The Bertz CT molecular complexity index is 851. The number of carbonyl (C=O) groups excluding carboxylic acids is 1. The first kappa shape index (κ1) is 17.1. The Kier molecular flexibility index (Phi) is 5.40. The summed E-state index contributed by atoms with van der Waals surface area (Å²) in [4.78, 5) is 16.6. The molecule has 128 valence electrons. The molecular weight excluding hydrogens is 339 g/mol. The topological polar surface area (TPSA) is 51.2 Å². The van der Waals surface area contributed by atoms with Gasteiger partial charge in [-0.3, -0.25) is 4.79 Å². The Balaban J connectivity index is 1.55. The molecule has 2 aromatic carbocycles. The number of nitrogens with zero attached hydrogens (tertiary/aromatic N) is 1. The summed E-state index contributed by atoms with van der Waals surface area (Å²) in [5.41, 5.74) is 1.82. The molecule has 0 saturated heterocycles. The molecule has 0 radical (unpaired) electrons. The fourth-order valence-corrected chi connectivity index (χ4v) is 3.03. The number of rotatable bonds is 6. The third-order valence-corrected chi connectivity index (χ3v) is 4.47. The van der Waals surface area contributed by atoms with Crippen LogP contribution in [0.5, 0.6) is 5.75 Å². The predicted molar refractivity (Wildman–Crippen MR) is 95.9 cm³/mol. The van der Waals surface area contributed by atoms with Gasteiger partial charge in [0.25, 0.3) is 5.91 Å². The normalized spacial score (nSPS) is 11.8. The third kappa shape index (κ3) is 4.42. The first-order valence-electron chi connectivity index (χ1n) is 7.82. The highest BCUT2D eigenvalue weighted by atomic mass is 32.1. The zero-order valence-corrected chi connectivity index (χ0v) is 14.4. The minimum Gasteiger partial charge on any atom is -0.478 e. The number of halogens is 1. The van der Waals surface area contributed by atoms with E-state index in [1.54, 1.807) is 19.1 Å². The molecule has 0 saturated carbocycles. The lowest BCUT2D eigenvalue weighted by Crippen LogP contribution is -2.36. The SMILES string of the molecule is CC(Oc1ccccc1F)C(=O)NCc1csc(-c2ccccc2)n1. The molecule has 0 aliphatic heterocycles. The first-order valence-corrected chi connectivity index (χ1v) is 8.70. The van der Waals surface area contributed by atoms with Gasteiger partial charge in [0.1, 0.15) is 5.01 Å². The number of benzene rings is 2. The van der Waals surface area contributed by atoms with Crippen LogP contribution in [0.1, 0.15) is 12.6 Å². The van der Waals surface area contributed by atoms with Crippen molar-refractivity contribution in [3.05, 3.63) is 71.5 Å². The van der Waals surface area contributed by atoms with E-state index in [-0.39, 0.29) is 11.7 Å². The van der Waals surface area contributed by atoms with E-state index in [2.05, 4.69) is 10.3 Å². The number of para-hydroxylation sites is 1. The van der Waals surface area contributed by atoms with Gasteiger partial charge in [0.2, 0.25) is 0 Å². The smallest absolute Gasteiger partial charge is 0.261 e. The van der Waals surface area contributed by atoms with Crippen LogP contribution in [0.3, 0.4) is 0 Å². The van der Waals surface area contributed by atoms with Crippen LogP contribution in [0, 0.1) is 5.82 Å². The molecule has 1 aromatic heterocycles. The van der Waals surface area contributed by atoms with Gasteiger partial charge >= 0.3 is 0 Å². The lowest BCUT2D eigenvalue weighted by atomic mass is 10.2. The summed E-state index contributed by atoms with van der Waals surface area (Å²) in [6.45, 7) is 1.88. The second kappa shape index (κ2) is 7.90. The molecule has 4 nitrogen and oxygen atoms in total. The van der Waals surface area contributed by atoms with Crippen LogP contribution in [0.25, 0.3) is 10.6 Å². The summed E-state index contributed by atoms with van der Waals surface area (Å²) < 4.78 is 18.9. The van der Waals surface area contributed by atoms with Crippen LogP contribution in [-0.4, -0.2) is 17.0 Å². The molecule has 1 unspecified atom stereocenters. The van der Waals surface area contributed by atoms with Gasteiger partial charge in [0.15, 0.2) is 17.7 Å². The maximum absolute atomic E-state index is 13.6. The molecule has 1 amide bonds. The average Bonchev–Trinajstić information content (AvgIpc) is 3.11. The van der Waals surface area contributed by atoms with E-state index >= 15 is 0 Å². The van der Waals surface area contributed by atoms with Crippen molar-refractivity contribution < 1.29 is 13.9 Å². The molecule has 0 bridgehead atoms. The summed E-state index contributed by atoms with van der Waals surface area (Å²) in [6.07, 6.45) is -0.802. The number of hydrogen-bond donors (Lipinski definition) is 1. The van der Waals surface area contributed by atoms with Crippen molar-refractivity contribution in [2.75, 3.05) is 0 Å². The second-order valence-corrected chi connectivity index (χ2v) is 6.28. The lowest BCUT2D eigenvalue weighted by Gasteiger charge is -2.14. The number of amides is 1. The van der Waals surface area contributed by atoms with Crippen LogP contribution < -0.4 is 10.1 Å². The molecule has 0 aliphatic carbocycles. The highest BCUT2D eigenvalue weighted by molar-refractivity contribution is 7.13. The van der Waals surface area contributed by atoms with Crippen molar-refractivity contribution in [1.29, 1.82) is 0 Å². The van der Waals surface area contributed by atoms with E-state index in [1.165, 1.54) is 23.5 Å². The molecule has 3 rings (SSSR count). The standard InChI is InChI=1S/C19H17FN2O2S/c1-13(24-17-10-6-5-9-16(17)20)18(23)21-11-15-12-25-19(22-15)14-7-3-2-4-8-14/h2-10,12-13H,11H2,1H3,(H,21,23). The van der Waals surface area contributed by atoms with E-state index in [1.807, 2.05) is 35.7 Å². The first-order chi connectivity index (χ1) is 12.1. The maximum Gasteiger partial charge on any atom is 0.261 e. The van der Waals surface area contributed by atoms with Crippen molar-refractivity contribution in [3.63, 3.8) is 0 Å². The molecule has 25 heavy (non-hydrogen) atoms. The molecular formula is C19H17FN2O2S. The number of nitrogens with one attached hydrogen (secondary N) is 1. The maximum atomic E-state index is 13.6. The zero-order valence-electron chi connectivity index (χ0n) is 13.6. The van der Waals surface area contributed by atoms with E-state index in [9.17, 15) is 9.18 Å². The van der Waals surface area contributed by atoms with Crippen molar-refractivity contribution >= 4 is 17.2 Å². The van der Waals surface area contributed by atoms with Crippen molar-refractivity contribution in [2.45, 2.75) is 19.6 Å². The molecule has 0 fully saturated rings. The molecule has 1 N–H and O–H groups in total. The van der Waals surface area contributed by atoms with Gasteiger partial charge in [-0.05, 0) is 19.1 Å². The Hall–Kier alpha value is -2.73. The Morgan fingerprint density at radius 3 is 2.68 bits per heavy atom. The van der Waals surface area contributed by atoms with Gasteiger partial charge in [-0.1, -0.05) is 42.5 Å². The number of thiazole rings is 1. The number of carbonyl (C=O) groups is 1. The molecule has 1 heterocycles. The minimum atomic E-state index is -0.802. The molecule has 6 heteroatoms. The lowest BCUT2D eigenvalue weighted by molar-refractivity contribution is -0.127. The number of ether oxygens (including phenoxy) is 1. The van der Waals surface area contributed by atoms with E-state index in [4.69, 9.17) is 4.74 Å². The van der Waals surface area contributed by atoms with Gasteiger partial charge in [-0.25, -0.2) is 9.37 Å². The summed E-state index contributed by atoms with van der Waals surface area (Å²) in [6, 6.07) is 15.9. The molecule has 0 aliphatic rings. The number of aromatic nitrogens is 1. The predicted octanol–water partition coefficient (Wildman–Crippen LogP) is 4.03. The fraction of sp³-hybridized carbons (Fsp3) is 0.158. The molecule has 3 aromatic rings. The quantitative estimate of drug-likeness (QED) is 0.725. The fourth-order valence-electron chi connectivity index (χ4n) is 2.21. The average molecular weight is 356 g/mol. The second-order valence-electron chi connectivity index (χ2n) is 5.42. The highest BCUT2D eigenvalue weighted by Crippen LogP contribution is 2.23. The van der Waals surface area contributed by atoms with Gasteiger partial charge < -0.3 is 10.1 Å². The summed E-state index contributed by atoms with van der Waals surface area (Å²) >= 11 is 1.52. The van der Waals surface area contributed by atoms with E-state index in [0.29, 0.717) is 6.54 Å². The van der Waals surface area contributed by atoms with Crippen LogP contribution in [0.4, 0.5) is 4.39 Å².